The molecule has 1 aromatic rings. The van der Waals surface area contributed by atoms with Crippen LogP contribution in [0.1, 0.15) is 44.1 Å². The van der Waals surface area contributed by atoms with Gasteiger partial charge in [0.25, 0.3) is 0 Å². The van der Waals surface area contributed by atoms with Crippen molar-refractivity contribution in [3.8, 4) is 0 Å². The van der Waals surface area contributed by atoms with Crippen LogP contribution in [0.3, 0.4) is 0 Å². The van der Waals surface area contributed by atoms with E-state index in [9.17, 15) is 4.39 Å². The number of hydrogen-bond donors (Lipinski definition) is 2. The number of likely N-dealkylation sites (tertiary alicyclic amines) is 1. The van der Waals surface area contributed by atoms with Gasteiger partial charge in [-0.2, -0.15) is 0 Å². The Kier molecular flexibility index (Phi) is 5.61. The first-order chi connectivity index (χ1) is 11.6. The molecule has 134 valence electrons. The van der Waals surface area contributed by atoms with Crippen molar-refractivity contribution in [2.75, 3.05) is 31.2 Å². The minimum absolute atomic E-state index is 0.237. The number of piperidine rings is 1. The van der Waals surface area contributed by atoms with Crippen LogP contribution in [0, 0.1) is 12.7 Å². The fourth-order valence-electron chi connectivity index (χ4n) is 4.15. The first kappa shape index (κ1) is 17.5. The topological polar surface area (TPSA) is 50.5 Å². The first-order valence-corrected chi connectivity index (χ1v) is 9.16. The Morgan fingerprint density at radius 3 is 2.42 bits per heavy atom. The van der Waals surface area contributed by atoms with Crippen LogP contribution >= 0.6 is 0 Å². The number of hydrogen-bond acceptors (Lipinski definition) is 4. The van der Waals surface area contributed by atoms with Crippen molar-refractivity contribution in [1.82, 2.24) is 4.90 Å². The molecule has 1 saturated heterocycles. The standard InChI is InChI=1S/C19H30FN3O/c1-13-11-17(20)19(21)18(12-13)22-14-7-9-23(10-8-14)15-3-5-16(24-2)6-4-15/h11-12,14-16,22H,3-10,21H2,1-2H3. The Bertz CT molecular complexity index is 550. The van der Waals surface area contributed by atoms with Gasteiger partial charge in [0.05, 0.1) is 17.5 Å². The van der Waals surface area contributed by atoms with Crippen LogP contribution in [-0.4, -0.2) is 43.3 Å². The van der Waals surface area contributed by atoms with Gasteiger partial charge in [0.15, 0.2) is 0 Å². The molecule has 0 spiro atoms. The molecule has 0 aromatic heterocycles. The van der Waals surface area contributed by atoms with Crippen LogP contribution in [0.2, 0.25) is 0 Å². The van der Waals surface area contributed by atoms with Gasteiger partial charge >= 0.3 is 0 Å². The molecule has 0 unspecified atom stereocenters. The predicted octanol–water partition coefficient (Wildman–Crippen LogP) is 3.55. The third kappa shape index (κ3) is 4.01. The average Bonchev–Trinajstić information content (AvgIpc) is 2.60. The molecule has 4 nitrogen and oxygen atoms in total. The van der Waals surface area contributed by atoms with E-state index in [1.807, 2.05) is 20.1 Å². The molecule has 24 heavy (non-hydrogen) atoms. The molecule has 1 aromatic carbocycles. The van der Waals surface area contributed by atoms with Crippen LogP contribution in [0.4, 0.5) is 15.8 Å². The van der Waals surface area contributed by atoms with Gasteiger partial charge in [-0.15, -0.1) is 0 Å². The van der Waals surface area contributed by atoms with Gasteiger partial charge in [0.2, 0.25) is 0 Å². The molecule has 3 rings (SSSR count). The van der Waals surface area contributed by atoms with Crippen molar-refractivity contribution >= 4 is 11.4 Å². The molecule has 2 fully saturated rings. The molecule has 3 N–H and O–H groups in total. The summed E-state index contributed by atoms with van der Waals surface area (Å²) in [6.07, 6.45) is 7.47. The van der Waals surface area contributed by atoms with Gasteiger partial charge in [-0.1, -0.05) is 0 Å². The van der Waals surface area contributed by atoms with Crippen LogP contribution in [0.5, 0.6) is 0 Å². The third-order valence-corrected chi connectivity index (χ3v) is 5.66. The number of methoxy groups -OCH3 is 1. The maximum Gasteiger partial charge on any atom is 0.148 e. The highest BCUT2D eigenvalue weighted by molar-refractivity contribution is 5.68. The zero-order valence-corrected chi connectivity index (χ0v) is 14.9. The van der Waals surface area contributed by atoms with Crippen molar-refractivity contribution in [3.63, 3.8) is 0 Å². The Morgan fingerprint density at radius 1 is 1.12 bits per heavy atom. The van der Waals surface area contributed by atoms with E-state index in [-0.39, 0.29) is 11.5 Å². The lowest BCUT2D eigenvalue weighted by Crippen LogP contribution is -2.46. The molecule has 0 amide bonds. The highest BCUT2D eigenvalue weighted by atomic mass is 19.1. The van der Waals surface area contributed by atoms with Crippen molar-refractivity contribution < 1.29 is 9.13 Å². The average molecular weight is 335 g/mol. The van der Waals surface area contributed by atoms with Gasteiger partial charge in [-0.3, -0.25) is 0 Å². The first-order valence-electron chi connectivity index (χ1n) is 9.16. The van der Waals surface area contributed by atoms with Gasteiger partial charge in [-0.05, 0) is 63.1 Å². The summed E-state index contributed by atoms with van der Waals surface area (Å²) in [6, 6.07) is 4.51. The number of rotatable bonds is 4. The largest absolute Gasteiger partial charge is 0.395 e. The third-order valence-electron chi connectivity index (χ3n) is 5.66. The SMILES string of the molecule is COC1CCC(N2CCC(Nc3cc(C)cc(F)c3N)CC2)CC1. The second-order valence-electron chi connectivity index (χ2n) is 7.33. The van der Waals surface area contributed by atoms with Gasteiger partial charge in [-0.25, -0.2) is 4.39 Å². The molecule has 1 aliphatic carbocycles. The Hall–Kier alpha value is -1.33. The van der Waals surface area contributed by atoms with E-state index in [1.165, 1.54) is 31.7 Å². The van der Waals surface area contributed by atoms with E-state index in [2.05, 4.69) is 10.2 Å². The maximum atomic E-state index is 13.8. The molecule has 0 bridgehead atoms. The number of nitrogens with two attached hydrogens (primary N) is 1. The summed E-state index contributed by atoms with van der Waals surface area (Å²) in [7, 11) is 1.82. The normalized spacial score (nSPS) is 26.5. The smallest absolute Gasteiger partial charge is 0.148 e. The molecule has 0 atom stereocenters. The Morgan fingerprint density at radius 2 is 1.79 bits per heavy atom. The lowest BCUT2D eigenvalue weighted by molar-refractivity contribution is 0.0329. The fourth-order valence-corrected chi connectivity index (χ4v) is 4.15. The zero-order chi connectivity index (χ0) is 17.1. The molecule has 2 aliphatic rings. The number of benzene rings is 1. The van der Waals surface area contributed by atoms with Crippen LogP contribution in [0.25, 0.3) is 0 Å². The monoisotopic (exact) mass is 335 g/mol. The second kappa shape index (κ2) is 7.70. The molecular weight excluding hydrogens is 305 g/mol. The van der Waals surface area contributed by atoms with E-state index in [0.29, 0.717) is 18.2 Å². The van der Waals surface area contributed by atoms with Gasteiger partial charge < -0.3 is 20.7 Å². The fraction of sp³-hybridized carbons (Fsp3) is 0.684. The summed E-state index contributed by atoms with van der Waals surface area (Å²) in [5.41, 5.74) is 7.76. The Labute approximate surface area is 144 Å². The van der Waals surface area contributed by atoms with E-state index in [4.69, 9.17) is 10.5 Å². The second-order valence-corrected chi connectivity index (χ2v) is 7.33. The summed E-state index contributed by atoms with van der Waals surface area (Å²) in [4.78, 5) is 2.63. The molecular formula is C19H30FN3O. The number of nitrogens with one attached hydrogen (secondary N) is 1. The number of nitrogens with zero attached hydrogens (tertiary/aromatic N) is 1. The maximum absolute atomic E-state index is 13.8. The summed E-state index contributed by atoms with van der Waals surface area (Å²) < 4.78 is 19.2. The quantitative estimate of drug-likeness (QED) is 0.826. The number of aryl methyl sites for hydroxylation is 1. The van der Waals surface area contributed by atoms with E-state index in [0.717, 1.165) is 37.2 Å². The molecule has 1 saturated carbocycles. The number of nitrogen functional groups attached to an aromatic ring is 1. The molecule has 1 heterocycles. The van der Waals surface area contributed by atoms with Crippen molar-refractivity contribution in [2.24, 2.45) is 0 Å². The van der Waals surface area contributed by atoms with E-state index >= 15 is 0 Å². The van der Waals surface area contributed by atoms with Gasteiger partial charge in [0.1, 0.15) is 5.82 Å². The van der Waals surface area contributed by atoms with Crippen molar-refractivity contribution in [1.29, 1.82) is 0 Å². The van der Waals surface area contributed by atoms with Crippen LogP contribution < -0.4 is 11.1 Å². The summed E-state index contributed by atoms with van der Waals surface area (Å²) in [6.45, 7) is 4.11. The molecule has 0 radical (unpaired) electrons. The zero-order valence-electron chi connectivity index (χ0n) is 14.9. The van der Waals surface area contributed by atoms with Crippen LogP contribution in [0.15, 0.2) is 12.1 Å². The predicted molar refractivity (Wildman–Crippen MR) is 96.8 cm³/mol. The van der Waals surface area contributed by atoms with Gasteiger partial charge in [0, 0.05) is 32.3 Å². The minimum Gasteiger partial charge on any atom is -0.395 e. The molecule has 1 aliphatic heterocycles. The highest BCUT2D eigenvalue weighted by Gasteiger charge is 2.29. The van der Waals surface area contributed by atoms with Crippen molar-refractivity contribution in [3.05, 3.63) is 23.5 Å². The Balaban J connectivity index is 1.51. The number of ether oxygens (including phenoxy) is 1. The lowest BCUT2D eigenvalue weighted by Gasteiger charge is -2.41. The summed E-state index contributed by atoms with van der Waals surface area (Å²) in [5, 5.41) is 3.46. The van der Waals surface area contributed by atoms with Crippen molar-refractivity contribution in [2.45, 2.75) is 63.6 Å². The van der Waals surface area contributed by atoms with Crippen LogP contribution in [-0.2, 0) is 4.74 Å². The van der Waals surface area contributed by atoms with E-state index in [1.54, 1.807) is 0 Å². The minimum atomic E-state index is -0.329. The number of halogens is 1. The number of anilines is 2. The summed E-state index contributed by atoms with van der Waals surface area (Å²) >= 11 is 0. The summed E-state index contributed by atoms with van der Waals surface area (Å²) in [5.74, 6) is -0.329. The highest BCUT2D eigenvalue weighted by Crippen LogP contribution is 2.29. The molecule has 5 heteroatoms. The van der Waals surface area contributed by atoms with E-state index < -0.39 is 0 Å². The lowest BCUT2D eigenvalue weighted by atomic mass is 9.90.